The molecule has 0 spiro atoms. The number of rotatable bonds is 3. The molecule has 1 amide bonds. The molecule has 108 valence electrons. The summed E-state index contributed by atoms with van der Waals surface area (Å²) in [6.07, 6.45) is 2.08. The zero-order chi connectivity index (χ0) is 14.9. The monoisotopic (exact) mass is 275 g/mol. The fourth-order valence-electron chi connectivity index (χ4n) is 2.07. The van der Waals surface area contributed by atoms with E-state index in [0.717, 1.165) is 16.7 Å². The maximum absolute atomic E-state index is 11.9. The van der Waals surface area contributed by atoms with E-state index in [2.05, 4.69) is 15.3 Å². The average Bonchev–Trinajstić information content (AvgIpc) is 2.62. The van der Waals surface area contributed by atoms with Crippen LogP contribution in [-0.4, -0.2) is 26.0 Å². The molecule has 2 aromatic heterocycles. The van der Waals surface area contributed by atoms with Gasteiger partial charge in [-0.25, -0.2) is 9.97 Å². The number of nitrogens with one attached hydrogen (secondary N) is 1. The number of nitrogens with zero attached hydrogens (tertiary/aromatic N) is 3. The Morgan fingerprint density at radius 1 is 1.45 bits per heavy atom. The van der Waals surface area contributed by atoms with Crippen LogP contribution >= 0.6 is 0 Å². The molecule has 0 atom stereocenters. The number of nitrogen functional groups attached to an aromatic ring is 1. The van der Waals surface area contributed by atoms with Crippen molar-refractivity contribution in [2.75, 3.05) is 5.73 Å². The molecule has 2 heterocycles. The van der Waals surface area contributed by atoms with Crippen LogP contribution in [-0.2, 0) is 11.3 Å². The number of hydrogen-bond donors (Lipinski definition) is 2. The van der Waals surface area contributed by atoms with Gasteiger partial charge in [-0.05, 0) is 39.3 Å². The van der Waals surface area contributed by atoms with Crippen LogP contribution in [0.1, 0.15) is 32.8 Å². The van der Waals surface area contributed by atoms with E-state index in [0.29, 0.717) is 18.9 Å². The molecule has 0 aromatic carbocycles. The molecule has 0 fully saturated rings. The van der Waals surface area contributed by atoms with Crippen LogP contribution < -0.4 is 11.1 Å². The molecule has 6 nitrogen and oxygen atoms in total. The summed E-state index contributed by atoms with van der Waals surface area (Å²) in [7, 11) is 0. The van der Waals surface area contributed by atoms with E-state index in [1.165, 1.54) is 0 Å². The van der Waals surface area contributed by atoms with Crippen molar-refractivity contribution in [3.8, 4) is 0 Å². The summed E-state index contributed by atoms with van der Waals surface area (Å²) >= 11 is 0. The highest BCUT2D eigenvalue weighted by Crippen LogP contribution is 2.19. The summed E-state index contributed by atoms with van der Waals surface area (Å²) in [6.45, 7) is 8.30. The number of nitrogens with two attached hydrogens (primary N) is 1. The molecular weight excluding hydrogens is 254 g/mol. The van der Waals surface area contributed by atoms with Crippen molar-refractivity contribution in [3.63, 3.8) is 0 Å². The number of pyridine rings is 1. The van der Waals surface area contributed by atoms with Crippen molar-refractivity contribution in [3.05, 3.63) is 17.8 Å². The molecule has 3 N–H and O–H groups in total. The zero-order valence-corrected chi connectivity index (χ0v) is 12.4. The molecule has 0 aliphatic rings. The smallest absolute Gasteiger partial charge is 0.222 e. The lowest BCUT2D eigenvalue weighted by Gasteiger charge is -2.20. The summed E-state index contributed by atoms with van der Waals surface area (Å²) < 4.78 is 1.78. The van der Waals surface area contributed by atoms with Crippen molar-refractivity contribution in [2.45, 2.75) is 46.2 Å². The molecule has 0 bridgehead atoms. The van der Waals surface area contributed by atoms with Crippen LogP contribution in [0.2, 0.25) is 0 Å². The van der Waals surface area contributed by atoms with E-state index in [4.69, 9.17) is 5.73 Å². The Kier molecular flexibility index (Phi) is 3.65. The quantitative estimate of drug-likeness (QED) is 0.891. The predicted octanol–water partition coefficient (Wildman–Crippen LogP) is 1.63. The minimum atomic E-state index is -0.228. The predicted molar refractivity (Wildman–Crippen MR) is 79.2 cm³/mol. The lowest BCUT2D eigenvalue weighted by atomic mass is 10.1. The Balaban J connectivity index is 2.16. The van der Waals surface area contributed by atoms with Gasteiger partial charge >= 0.3 is 0 Å². The maximum Gasteiger partial charge on any atom is 0.222 e. The van der Waals surface area contributed by atoms with Crippen molar-refractivity contribution in [1.29, 1.82) is 0 Å². The van der Waals surface area contributed by atoms with Crippen molar-refractivity contribution in [1.82, 2.24) is 19.9 Å². The van der Waals surface area contributed by atoms with Crippen LogP contribution in [0.15, 0.2) is 12.3 Å². The molecule has 6 heteroatoms. The standard InChI is InChI=1S/C14H21N5O/c1-9-5-7-16-12-11(9)17-13(15)19(12)8-6-10(20)18-14(2,3)4/h5,7H,6,8H2,1-4H3,(H2,15,17)(H,18,20). The average molecular weight is 275 g/mol. The molecule has 0 radical (unpaired) electrons. The molecule has 0 aliphatic carbocycles. The van der Waals surface area contributed by atoms with Gasteiger partial charge in [-0.1, -0.05) is 0 Å². The Hall–Kier alpha value is -2.11. The summed E-state index contributed by atoms with van der Waals surface area (Å²) in [6, 6.07) is 1.89. The summed E-state index contributed by atoms with van der Waals surface area (Å²) in [5.41, 5.74) is 8.24. The van der Waals surface area contributed by atoms with E-state index in [1.807, 2.05) is 33.8 Å². The van der Waals surface area contributed by atoms with Crippen molar-refractivity contribution < 1.29 is 4.79 Å². The molecular formula is C14H21N5O. The topological polar surface area (TPSA) is 85.8 Å². The van der Waals surface area contributed by atoms with Crippen LogP contribution in [0.4, 0.5) is 5.95 Å². The molecule has 20 heavy (non-hydrogen) atoms. The first-order valence-electron chi connectivity index (χ1n) is 6.66. The van der Waals surface area contributed by atoms with E-state index in [9.17, 15) is 4.79 Å². The molecule has 0 saturated carbocycles. The Labute approximate surface area is 118 Å². The lowest BCUT2D eigenvalue weighted by Crippen LogP contribution is -2.40. The highest BCUT2D eigenvalue weighted by Gasteiger charge is 2.15. The third-order valence-corrected chi connectivity index (χ3v) is 2.94. The number of amides is 1. The summed E-state index contributed by atoms with van der Waals surface area (Å²) in [5, 5.41) is 2.93. The third kappa shape index (κ3) is 3.07. The summed E-state index contributed by atoms with van der Waals surface area (Å²) in [4.78, 5) is 20.5. The Morgan fingerprint density at radius 2 is 2.15 bits per heavy atom. The van der Waals surface area contributed by atoms with E-state index in [1.54, 1.807) is 10.8 Å². The molecule has 0 saturated heterocycles. The van der Waals surface area contributed by atoms with Crippen LogP contribution in [0, 0.1) is 6.92 Å². The molecule has 0 aliphatic heterocycles. The van der Waals surface area contributed by atoms with Gasteiger partial charge in [0.15, 0.2) is 5.65 Å². The molecule has 2 aromatic rings. The van der Waals surface area contributed by atoms with E-state index >= 15 is 0 Å². The largest absolute Gasteiger partial charge is 0.369 e. The fourth-order valence-corrected chi connectivity index (χ4v) is 2.07. The second-order valence-electron chi connectivity index (χ2n) is 5.97. The van der Waals surface area contributed by atoms with Gasteiger partial charge < -0.3 is 11.1 Å². The van der Waals surface area contributed by atoms with Gasteiger partial charge in [0.25, 0.3) is 0 Å². The maximum atomic E-state index is 11.9. The van der Waals surface area contributed by atoms with Gasteiger partial charge in [0.1, 0.15) is 5.52 Å². The first kappa shape index (κ1) is 14.3. The fraction of sp³-hybridized carbons (Fsp3) is 0.500. The number of carbonyl (C=O) groups is 1. The second-order valence-corrected chi connectivity index (χ2v) is 5.97. The minimum absolute atomic E-state index is 0.00796. The third-order valence-electron chi connectivity index (χ3n) is 2.94. The van der Waals surface area contributed by atoms with Crippen LogP contribution in [0.25, 0.3) is 11.2 Å². The van der Waals surface area contributed by atoms with Crippen LogP contribution in [0.3, 0.4) is 0 Å². The normalized spacial score (nSPS) is 11.8. The van der Waals surface area contributed by atoms with Crippen molar-refractivity contribution >= 4 is 23.0 Å². The highest BCUT2D eigenvalue weighted by molar-refractivity contribution is 5.79. The van der Waals surface area contributed by atoms with Crippen molar-refractivity contribution in [2.24, 2.45) is 0 Å². The van der Waals surface area contributed by atoms with Gasteiger partial charge in [0, 0.05) is 24.7 Å². The van der Waals surface area contributed by atoms with Gasteiger partial charge in [-0.15, -0.1) is 0 Å². The second kappa shape index (κ2) is 5.11. The van der Waals surface area contributed by atoms with Gasteiger partial charge in [0.2, 0.25) is 11.9 Å². The minimum Gasteiger partial charge on any atom is -0.369 e. The first-order chi connectivity index (χ1) is 9.28. The SMILES string of the molecule is Cc1ccnc2c1nc(N)n2CCC(=O)NC(C)(C)C. The first-order valence-corrected chi connectivity index (χ1v) is 6.66. The highest BCUT2D eigenvalue weighted by atomic mass is 16.1. The number of anilines is 1. The number of hydrogen-bond acceptors (Lipinski definition) is 4. The zero-order valence-electron chi connectivity index (χ0n) is 12.4. The number of imidazole rings is 1. The number of aromatic nitrogens is 3. The van der Waals surface area contributed by atoms with E-state index in [-0.39, 0.29) is 11.4 Å². The Morgan fingerprint density at radius 3 is 2.80 bits per heavy atom. The number of carbonyl (C=O) groups excluding carboxylic acids is 1. The van der Waals surface area contributed by atoms with Gasteiger partial charge in [-0.3, -0.25) is 9.36 Å². The van der Waals surface area contributed by atoms with Gasteiger partial charge in [-0.2, -0.15) is 0 Å². The molecule has 2 rings (SSSR count). The summed E-state index contributed by atoms with van der Waals surface area (Å²) in [5.74, 6) is 0.386. The number of fused-ring (bicyclic) bond motifs is 1. The van der Waals surface area contributed by atoms with E-state index < -0.39 is 0 Å². The number of aryl methyl sites for hydroxylation is 2. The lowest BCUT2D eigenvalue weighted by molar-refractivity contribution is -0.122. The van der Waals surface area contributed by atoms with Crippen LogP contribution in [0.5, 0.6) is 0 Å². The Bertz CT molecular complexity index is 639. The van der Waals surface area contributed by atoms with Gasteiger partial charge in [0.05, 0.1) is 0 Å². The molecule has 0 unspecified atom stereocenters.